The Morgan fingerprint density at radius 3 is 3.00 bits per heavy atom. The molecule has 0 bridgehead atoms. The molecule has 1 aliphatic rings. The topological polar surface area (TPSA) is 24.9 Å². The maximum atomic E-state index is 5.97. The van der Waals surface area contributed by atoms with E-state index in [4.69, 9.17) is 11.6 Å². The van der Waals surface area contributed by atoms with Crippen molar-refractivity contribution in [3.05, 3.63) is 40.0 Å². The summed E-state index contributed by atoms with van der Waals surface area (Å²) in [5.74, 6) is 0.892. The van der Waals surface area contributed by atoms with Gasteiger partial charge in [0.2, 0.25) is 0 Å². The molecule has 0 radical (unpaired) electrons. The predicted molar refractivity (Wildman–Crippen MR) is 70.8 cm³/mol. The minimum absolute atomic E-state index is 0.749. The first kappa shape index (κ1) is 10.4. The lowest BCUT2D eigenvalue weighted by Crippen LogP contribution is -2.01. The van der Waals surface area contributed by atoms with Crippen LogP contribution in [0.4, 0.5) is 11.5 Å². The summed E-state index contributed by atoms with van der Waals surface area (Å²) in [6.07, 6.45) is 1.79. The van der Waals surface area contributed by atoms with Crippen molar-refractivity contribution in [3.63, 3.8) is 0 Å². The number of hydrogen-bond acceptors (Lipinski definition) is 3. The Hall–Kier alpha value is -0.710. The minimum Gasteiger partial charge on any atom is -0.338 e. The third-order valence-electron chi connectivity index (χ3n) is 2.24. The van der Waals surface area contributed by atoms with Gasteiger partial charge in [0.05, 0.1) is 10.6 Å². The number of halogens is 2. The summed E-state index contributed by atoms with van der Waals surface area (Å²) in [7, 11) is 0. The molecule has 1 aromatic heterocycles. The maximum Gasteiger partial charge on any atom is 0.144 e. The number of rotatable bonds is 0. The van der Waals surface area contributed by atoms with Crippen LogP contribution in [0.1, 0.15) is 0 Å². The molecule has 0 aliphatic carbocycles. The van der Waals surface area contributed by atoms with E-state index in [2.05, 4.69) is 26.2 Å². The van der Waals surface area contributed by atoms with Gasteiger partial charge >= 0.3 is 0 Å². The van der Waals surface area contributed by atoms with Crippen LogP contribution in [-0.4, -0.2) is 4.98 Å². The number of nitrogens with one attached hydrogen (secondary N) is 1. The Balaban J connectivity index is 2.10. The summed E-state index contributed by atoms with van der Waals surface area (Å²) in [6, 6.07) is 7.84. The van der Waals surface area contributed by atoms with Crippen molar-refractivity contribution in [2.45, 2.75) is 9.79 Å². The van der Waals surface area contributed by atoms with Crippen LogP contribution in [0.3, 0.4) is 0 Å². The number of benzene rings is 1. The fourth-order valence-corrected chi connectivity index (χ4v) is 3.28. The smallest absolute Gasteiger partial charge is 0.144 e. The van der Waals surface area contributed by atoms with Crippen LogP contribution >= 0.6 is 39.3 Å². The summed E-state index contributed by atoms with van der Waals surface area (Å²) >= 11 is 11.1. The molecule has 0 fully saturated rings. The number of pyridine rings is 1. The summed E-state index contributed by atoms with van der Waals surface area (Å²) in [6.45, 7) is 0. The average molecular weight is 314 g/mol. The monoisotopic (exact) mass is 312 g/mol. The summed E-state index contributed by atoms with van der Waals surface area (Å²) in [5.41, 5.74) is 1.05. The van der Waals surface area contributed by atoms with E-state index < -0.39 is 0 Å². The van der Waals surface area contributed by atoms with Gasteiger partial charge in [-0.1, -0.05) is 23.4 Å². The molecule has 16 heavy (non-hydrogen) atoms. The van der Waals surface area contributed by atoms with Crippen LogP contribution in [0, 0.1) is 0 Å². The summed E-state index contributed by atoms with van der Waals surface area (Å²) in [5, 5.41) is 4.03. The lowest BCUT2D eigenvalue weighted by atomic mass is 10.3. The molecular formula is C11H6BrClN2S. The number of fused-ring (bicyclic) bond motifs is 2. The molecule has 0 unspecified atom stereocenters. The lowest BCUT2D eigenvalue weighted by molar-refractivity contribution is 1.18. The van der Waals surface area contributed by atoms with Gasteiger partial charge in [0.1, 0.15) is 5.82 Å². The molecule has 3 rings (SSSR count). The zero-order chi connectivity index (χ0) is 11.1. The van der Waals surface area contributed by atoms with Crippen molar-refractivity contribution in [2.75, 3.05) is 5.32 Å². The van der Waals surface area contributed by atoms with E-state index >= 15 is 0 Å². The quantitative estimate of drug-likeness (QED) is 0.651. The van der Waals surface area contributed by atoms with Crippen LogP contribution in [0.15, 0.2) is 44.7 Å². The predicted octanol–water partition coefficient (Wildman–Crippen LogP) is 4.71. The second-order valence-electron chi connectivity index (χ2n) is 3.37. The molecule has 1 aromatic carbocycles. The second kappa shape index (κ2) is 3.95. The van der Waals surface area contributed by atoms with Crippen molar-refractivity contribution in [3.8, 4) is 0 Å². The SMILES string of the molecule is Clc1ccc2c(c1)Sc1cc(Br)cnc1N2. The number of anilines is 2. The third-order valence-corrected chi connectivity index (χ3v) is 3.99. The third kappa shape index (κ3) is 1.81. The molecule has 2 heterocycles. The highest BCUT2D eigenvalue weighted by Crippen LogP contribution is 2.44. The van der Waals surface area contributed by atoms with Crippen molar-refractivity contribution in [1.29, 1.82) is 0 Å². The second-order valence-corrected chi connectivity index (χ2v) is 5.80. The molecule has 0 atom stereocenters. The van der Waals surface area contributed by atoms with Crippen molar-refractivity contribution in [1.82, 2.24) is 4.98 Å². The Kier molecular flexibility index (Phi) is 2.58. The van der Waals surface area contributed by atoms with Crippen LogP contribution in [-0.2, 0) is 0 Å². The Morgan fingerprint density at radius 2 is 2.12 bits per heavy atom. The zero-order valence-electron chi connectivity index (χ0n) is 8.00. The van der Waals surface area contributed by atoms with E-state index in [0.717, 1.165) is 30.8 Å². The van der Waals surface area contributed by atoms with Crippen LogP contribution < -0.4 is 5.32 Å². The highest BCUT2D eigenvalue weighted by Gasteiger charge is 2.16. The lowest BCUT2D eigenvalue weighted by Gasteiger charge is -2.19. The molecule has 1 aliphatic heterocycles. The number of hydrogen-bond donors (Lipinski definition) is 1. The molecule has 2 aromatic rings. The number of nitrogens with zero attached hydrogens (tertiary/aromatic N) is 1. The van der Waals surface area contributed by atoms with Gasteiger partial charge in [-0.3, -0.25) is 0 Å². The standard InChI is InChI=1S/C11H6BrClN2S/c12-6-3-10-11(14-5-6)15-8-2-1-7(13)4-9(8)16-10/h1-5H,(H,14,15). The van der Waals surface area contributed by atoms with Crippen LogP contribution in [0.5, 0.6) is 0 Å². The Morgan fingerprint density at radius 1 is 1.25 bits per heavy atom. The Labute approximate surface area is 111 Å². The van der Waals surface area contributed by atoms with Gasteiger partial charge in [0.25, 0.3) is 0 Å². The van der Waals surface area contributed by atoms with Gasteiger partial charge in [-0.15, -0.1) is 0 Å². The molecule has 0 amide bonds. The largest absolute Gasteiger partial charge is 0.338 e. The van der Waals surface area contributed by atoms with E-state index in [1.807, 2.05) is 24.3 Å². The van der Waals surface area contributed by atoms with E-state index in [0.29, 0.717) is 0 Å². The first-order valence-corrected chi connectivity index (χ1v) is 6.61. The molecule has 1 N–H and O–H groups in total. The van der Waals surface area contributed by atoms with Crippen molar-refractivity contribution < 1.29 is 0 Å². The highest BCUT2D eigenvalue weighted by molar-refractivity contribution is 9.10. The van der Waals surface area contributed by atoms with E-state index in [-0.39, 0.29) is 0 Å². The van der Waals surface area contributed by atoms with Crippen molar-refractivity contribution >= 4 is 50.8 Å². The maximum absolute atomic E-state index is 5.97. The molecular weight excluding hydrogens is 308 g/mol. The summed E-state index contributed by atoms with van der Waals surface area (Å²) < 4.78 is 0.978. The molecule has 0 saturated carbocycles. The minimum atomic E-state index is 0.749. The number of aromatic nitrogens is 1. The Bertz CT molecular complexity index is 524. The first-order valence-electron chi connectivity index (χ1n) is 4.62. The van der Waals surface area contributed by atoms with E-state index in [1.54, 1.807) is 18.0 Å². The molecule has 2 nitrogen and oxygen atoms in total. The highest BCUT2D eigenvalue weighted by atomic mass is 79.9. The van der Waals surface area contributed by atoms with Gasteiger partial charge in [0, 0.05) is 20.6 Å². The van der Waals surface area contributed by atoms with Crippen LogP contribution in [0.25, 0.3) is 0 Å². The van der Waals surface area contributed by atoms with Gasteiger partial charge in [-0.25, -0.2) is 4.98 Å². The van der Waals surface area contributed by atoms with E-state index in [1.165, 1.54) is 0 Å². The molecule has 0 saturated heterocycles. The fraction of sp³-hybridized carbons (Fsp3) is 0. The molecule has 80 valence electrons. The van der Waals surface area contributed by atoms with E-state index in [9.17, 15) is 0 Å². The normalized spacial score (nSPS) is 12.6. The summed E-state index contributed by atoms with van der Waals surface area (Å²) in [4.78, 5) is 6.55. The fourth-order valence-electron chi connectivity index (χ4n) is 1.52. The van der Waals surface area contributed by atoms with Gasteiger partial charge in [-0.05, 0) is 40.2 Å². The van der Waals surface area contributed by atoms with Crippen LogP contribution in [0.2, 0.25) is 5.02 Å². The van der Waals surface area contributed by atoms with Gasteiger partial charge in [0.15, 0.2) is 0 Å². The zero-order valence-corrected chi connectivity index (χ0v) is 11.2. The average Bonchev–Trinajstić information content (AvgIpc) is 2.26. The molecule has 0 spiro atoms. The molecule has 5 heteroatoms. The van der Waals surface area contributed by atoms with Crippen molar-refractivity contribution in [2.24, 2.45) is 0 Å². The first-order chi connectivity index (χ1) is 7.72. The van der Waals surface area contributed by atoms with Gasteiger partial charge < -0.3 is 5.32 Å². The van der Waals surface area contributed by atoms with Gasteiger partial charge in [-0.2, -0.15) is 0 Å².